The van der Waals surface area contributed by atoms with Crippen LogP contribution in [0, 0.1) is 6.92 Å². The number of hydrogen-bond donors (Lipinski definition) is 1. The molecule has 0 bridgehead atoms. The number of amides is 1. The monoisotopic (exact) mass is 332 g/mol. The SMILES string of the molecule is COc1cc(Cl)c(C)cc1NCCC(=O)N(C)c1ccccc1. The van der Waals surface area contributed by atoms with Crippen LogP contribution in [0.5, 0.6) is 5.75 Å². The summed E-state index contributed by atoms with van der Waals surface area (Å²) in [7, 11) is 3.38. The number of methoxy groups -OCH3 is 1. The zero-order valence-corrected chi connectivity index (χ0v) is 14.4. The number of benzene rings is 2. The van der Waals surface area contributed by atoms with Gasteiger partial charge in [-0.2, -0.15) is 0 Å². The Labute approximate surface area is 142 Å². The first-order valence-corrected chi connectivity index (χ1v) is 7.80. The van der Waals surface area contributed by atoms with E-state index < -0.39 is 0 Å². The highest BCUT2D eigenvalue weighted by molar-refractivity contribution is 6.31. The number of nitrogens with one attached hydrogen (secondary N) is 1. The van der Waals surface area contributed by atoms with E-state index in [1.165, 1.54) is 0 Å². The second kappa shape index (κ2) is 7.88. The van der Waals surface area contributed by atoms with E-state index in [0.717, 1.165) is 16.9 Å². The minimum atomic E-state index is 0.0494. The molecule has 2 aromatic carbocycles. The summed E-state index contributed by atoms with van der Waals surface area (Å²) >= 11 is 6.09. The molecule has 0 unspecified atom stereocenters. The molecule has 2 aromatic rings. The summed E-state index contributed by atoms with van der Waals surface area (Å²) in [5.74, 6) is 0.720. The van der Waals surface area contributed by atoms with Crippen molar-refractivity contribution in [2.45, 2.75) is 13.3 Å². The van der Waals surface area contributed by atoms with Gasteiger partial charge in [0, 0.05) is 36.8 Å². The van der Waals surface area contributed by atoms with Gasteiger partial charge < -0.3 is 15.0 Å². The number of nitrogens with zero attached hydrogens (tertiary/aromatic N) is 1. The van der Waals surface area contributed by atoms with Gasteiger partial charge in [-0.25, -0.2) is 0 Å². The van der Waals surface area contributed by atoms with Gasteiger partial charge in [0.1, 0.15) is 5.75 Å². The van der Waals surface area contributed by atoms with E-state index in [-0.39, 0.29) is 5.91 Å². The fourth-order valence-corrected chi connectivity index (χ4v) is 2.39. The fourth-order valence-electron chi connectivity index (χ4n) is 2.24. The van der Waals surface area contributed by atoms with Gasteiger partial charge in [-0.1, -0.05) is 29.8 Å². The van der Waals surface area contributed by atoms with Crippen molar-refractivity contribution in [2.24, 2.45) is 0 Å². The Morgan fingerprint density at radius 2 is 1.96 bits per heavy atom. The molecule has 0 aliphatic carbocycles. The third-order valence-electron chi connectivity index (χ3n) is 3.65. The van der Waals surface area contributed by atoms with Crippen molar-refractivity contribution >= 4 is 28.9 Å². The number of rotatable bonds is 6. The molecule has 1 amide bonds. The average Bonchev–Trinajstić information content (AvgIpc) is 2.57. The molecule has 0 aliphatic heterocycles. The van der Waals surface area contributed by atoms with Gasteiger partial charge in [0.2, 0.25) is 5.91 Å². The predicted molar refractivity (Wildman–Crippen MR) is 95.7 cm³/mol. The third-order valence-corrected chi connectivity index (χ3v) is 4.06. The summed E-state index contributed by atoms with van der Waals surface area (Å²) in [5.41, 5.74) is 2.68. The highest BCUT2D eigenvalue weighted by Gasteiger charge is 2.11. The Hall–Kier alpha value is -2.20. The summed E-state index contributed by atoms with van der Waals surface area (Å²) in [6, 6.07) is 13.3. The van der Waals surface area contributed by atoms with Crippen molar-refractivity contribution in [2.75, 3.05) is 30.9 Å². The molecule has 0 heterocycles. The largest absolute Gasteiger partial charge is 0.495 e. The maximum atomic E-state index is 12.2. The van der Waals surface area contributed by atoms with Gasteiger partial charge in [-0.15, -0.1) is 0 Å². The Balaban J connectivity index is 1.95. The van der Waals surface area contributed by atoms with Gasteiger partial charge in [0.15, 0.2) is 0 Å². The van der Waals surface area contributed by atoms with Crippen molar-refractivity contribution in [1.29, 1.82) is 0 Å². The molecule has 0 atom stereocenters. The molecule has 0 fully saturated rings. The Bertz CT molecular complexity index is 674. The summed E-state index contributed by atoms with van der Waals surface area (Å²) in [5, 5.41) is 3.90. The highest BCUT2D eigenvalue weighted by atomic mass is 35.5. The van der Waals surface area contributed by atoms with Crippen LogP contribution in [0.15, 0.2) is 42.5 Å². The first-order valence-electron chi connectivity index (χ1n) is 7.42. The quantitative estimate of drug-likeness (QED) is 0.865. The molecule has 0 aromatic heterocycles. The Morgan fingerprint density at radius 3 is 2.61 bits per heavy atom. The fraction of sp³-hybridized carbons (Fsp3) is 0.278. The molecule has 0 saturated carbocycles. The van der Waals surface area contributed by atoms with Crippen LogP contribution in [0.2, 0.25) is 5.02 Å². The van der Waals surface area contributed by atoms with Gasteiger partial charge in [0.25, 0.3) is 0 Å². The lowest BCUT2D eigenvalue weighted by Crippen LogP contribution is -2.27. The third kappa shape index (κ3) is 4.39. The molecular formula is C18H21ClN2O2. The molecule has 0 aliphatic rings. The molecule has 0 radical (unpaired) electrons. The average molecular weight is 333 g/mol. The molecule has 1 N–H and O–H groups in total. The van der Waals surface area contributed by atoms with Gasteiger partial charge >= 0.3 is 0 Å². The number of para-hydroxylation sites is 1. The van der Waals surface area contributed by atoms with E-state index >= 15 is 0 Å². The van der Waals surface area contributed by atoms with Crippen molar-refractivity contribution in [3.8, 4) is 5.75 Å². The number of halogens is 1. The highest BCUT2D eigenvalue weighted by Crippen LogP contribution is 2.30. The lowest BCUT2D eigenvalue weighted by Gasteiger charge is -2.18. The van der Waals surface area contributed by atoms with Crippen molar-refractivity contribution in [1.82, 2.24) is 0 Å². The van der Waals surface area contributed by atoms with E-state index in [4.69, 9.17) is 16.3 Å². The number of aryl methyl sites for hydroxylation is 1. The maximum Gasteiger partial charge on any atom is 0.228 e. The van der Waals surface area contributed by atoms with Gasteiger partial charge in [0.05, 0.1) is 12.8 Å². The van der Waals surface area contributed by atoms with Crippen molar-refractivity contribution in [3.05, 3.63) is 53.1 Å². The van der Waals surface area contributed by atoms with Crippen LogP contribution in [-0.4, -0.2) is 26.6 Å². The molecule has 23 heavy (non-hydrogen) atoms. The zero-order valence-electron chi connectivity index (χ0n) is 13.6. The second-order valence-corrected chi connectivity index (χ2v) is 5.67. The van der Waals surface area contributed by atoms with Crippen LogP contribution in [0.25, 0.3) is 0 Å². The van der Waals surface area contributed by atoms with E-state index in [9.17, 15) is 4.79 Å². The lowest BCUT2D eigenvalue weighted by atomic mass is 10.2. The minimum Gasteiger partial charge on any atom is -0.495 e. The van der Waals surface area contributed by atoms with Crippen LogP contribution in [0.4, 0.5) is 11.4 Å². The number of carbonyl (C=O) groups excluding carboxylic acids is 1. The zero-order chi connectivity index (χ0) is 16.8. The molecule has 0 spiro atoms. The number of carbonyl (C=O) groups is 1. The van der Waals surface area contributed by atoms with Crippen LogP contribution in [0.1, 0.15) is 12.0 Å². The predicted octanol–water partition coefficient (Wildman–Crippen LogP) is 4.12. The summed E-state index contributed by atoms with van der Waals surface area (Å²) in [6.45, 7) is 2.45. The van der Waals surface area contributed by atoms with Gasteiger partial charge in [-0.3, -0.25) is 4.79 Å². The summed E-state index contributed by atoms with van der Waals surface area (Å²) < 4.78 is 5.31. The van der Waals surface area contributed by atoms with Gasteiger partial charge in [-0.05, 0) is 30.7 Å². The van der Waals surface area contributed by atoms with Crippen LogP contribution < -0.4 is 15.0 Å². The molecule has 0 saturated heterocycles. The summed E-state index contributed by atoms with van der Waals surface area (Å²) in [6.07, 6.45) is 0.385. The van der Waals surface area contributed by atoms with Crippen molar-refractivity contribution in [3.63, 3.8) is 0 Å². The number of anilines is 2. The maximum absolute atomic E-state index is 12.2. The molecule has 2 rings (SSSR count). The van der Waals surface area contributed by atoms with E-state index in [1.807, 2.05) is 43.3 Å². The van der Waals surface area contributed by atoms with E-state index in [2.05, 4.69) is 5.32 Å². The normalized spacial score (nSPS) is 10.3. The topological polar surface area (TPSA) is 41.6 Å². The van der Waals surface area contributed by atoms with E-state index in [1.54, 1.807) is 25.1 Å². The Kier molecular flexibility index (Phi) is 5.88. The summed E-state index contributed by atoms with van der Waals surface area (Å²) in [4.78, 5) is 13.9. The molecule has 122 valence electrons. The Morgan fingerprint density at radius 1 is 1.26 bits per heavy atom. The second-order valence-electron chi connectivity index (χ2n) is 5.27. The van der Waals surface area contributed by atoms with E-state index in [0.29, 0.717) is 23.7 Å². The number of hydrogen-bond acceptors (Lipinski definition) is 3. The van der Waals surface area contributed by atoms with Crippen LogP contribution in [0.3, 0.4) is 0 Å². The minimum absolute atomic E-state index is 0.0494. The first-order chi connectivity index (χ1) is 11.0. The molecular weight excluding hydrogens is 312 g/mol. The number of ether oxygens (including phenoxy) is 1. The first kappa shape index (κ1) is 17.2. The standard InChI is InChI=1S/C18H21ClN2O2/c1-13-11-16(17(23-3)12-15(13)19)20-10-9-18(22)21(2)14-7-5-4-6-8-14/h4-8,11-12,20H,9-10H2,1-3H3. The molecule has 4 nitrogen and oxygen atoms in total. The smallest absolute Gasteiger partial charge is 0.228 e. The van der Waals surface area contributed by atoms with Crippen LogP contribution >= 0.6 is 11.6 Å². The lowest BCUT2D eigenvalue weighted by molar-refractivity contribution is -0.118. The van der Waals surface area contributed by atoms with Crippen molar-refractivity contribution < 1.29 is 9.53 Å². The van der Waals surface area contributed by atoms with Crippen LogP contribution in [-0.2, 0) is 4.79 Å². The molecule has 5 heteroatoms.